The molecule has 2 aliphatic heterocycles. The second-order valence-electron chi connectivity index (χ2n) is 8.78. The summed E-state index contributed by atoms with van der Waals surface area (Å²) < 4.78 is 2.06. The number of rotatable bonds is 6. The Morgan fingerprint density at radius 3 is 2.64 bits per heavy atom. The van der Waals surface area contributed by atoms with Crippen molar-refractivity contribution in [1.29, 1.82) is 0 Å². The van der Waals surface area contributed by atoms with Crippen LogP contribution in [0.3, 0.4) is 0 Å². The molecule has 0 atom stereocenters. The molecule has 4 rings (SSSR count). The molecule has 10 heteroatoms. The van der Waals surface area contributed by atoms with Crippen LogP contribution < -0.4 is 10.5 Å². The van der Waals surface area contributed by atoms with E-state index in [9.17, 15) is 14.7 Å². The van der Waals surface area contributed by atoms with Gasteiger partial charge in [-0.1, -0.05) is 43.9 Å². The standard InChI is InChI=1S/C23H29N5O3S2/c1-15(2)14-28-22(31)18(33-23(28)32)13-17-20(26-9-7-25(8-10-26)11-12-29)24-19-16(3)5-4-6-27(19)21(17)30/h4-6,13,15,29H,7-12,14H2,1-3H3. The van der Waals surface area contributed by atoms with Crippen molar-refractivity contribution in [2.24, 2.45) is 5.92 Å². The van der Waals surface area contributed by atoms with E-state index in [1.807, 2.05) is 32.9 Å². The fourth-order valence-electron chi connectivity index (χ4n) is 4.15. The van der Waals surface area contributed by atoms with Crippen LogP contribution in [0.1, 0.15) is 25.0 Å². The van der Waals surface area contributed by atoms with Gasteiger partial charge >= 0.3 is 0 Å². The van der Waals surface area contributed by atoms with Crippen LogP contribution in [-0.4, -0.2) is 80.4 Å². The Kier molecular flexibility index (Phi) is 7.18. The summed E-state index contributed by atoms with van der Waals surface area (Å²) in [5.74, 6) is 0.715. The maximum absolute atomic E-state index is 13.6. The van der Waals surface area contributed by atoms with Crippen LogP contribution in [0.15, 0.2) is 28.0 Å². The van der Waals surface area contributed by atoms with Gasteiger partial charge in [-0.3, -0.25) is 23.8 Å². The van der Waals surface area contributed by atoms with Crippen molar-refractivity contribution in [3.05, 3.63) is 44.7 Å². The third-order valence-corrected chi connectivity index (χ3v) is 7.23. The molecule has 0 aliphatic carbocycles. The number of hydrogen-bond acceptors (Lipinski definition) is 8. The van der Waals surface area contributed by atoms with Gasteiger partial charge in [-0.15, -0.1) is 0 Å². The molecule has 8 nitrogen and oxygen atoms in total. The molecule has 2 aromatic heterocycles. The zero-order valence-electron chi connectivity index (χ0n) is 19.2. The number of fused-ring (bicyclic) bond motifs is 1. The van der Waals surface area contributed by atoms with Crippen LogP contribution in [0.5, 0.6) is 0 Å². The van der Waals surface area contributed by atoms with E-state index in [0.717, 1.165) is 18.7 Å². The zero-order chi connectivity index (χ0) is 23.7. The maximum atomic E-state index is 13.6. The smallest absolute Gasteiger partial charge is 0.267 e. The third kappa shape index (κ3) is 4.84. The summed E-state index contributed by atoms with van der Waals surface area (Å²) in [6.45, 7) is 10.2. The number of aliphatic hydroxyl groups excluding tert-OH is 1. The van der Waals surface area contributed by atoms with Crippen LogP contribution in [0.2, 0.25) is 0 Å². The van der Waals surface area contributed by atoms with Crippen molar-refractivity contribution in [3.63, 3.8) is 0 Å². The molecule has 0 radical (unpaired) electrons. The summed E-state index contributed by atoms with van der Waals surface area (Å²) in [6, 6.07) is 3.76. The number of nitrogens with zero attached hydrogens (tertiary/aromatic N) is 5. The molecule has 4 heterocycles. The highest BCUT2D eigenvalue weighted by atomic mass is 32.2. The molecule has 1 amide bonds. The number of piperazine rings is 1. The van der Waals surface area contributed by atoms with Gasteiger partial charge in [0.05, 0.1) is 17.1 Å². The van der Waals surface area contributed by atoms with Crippen molar-refractivity contribution in [1.82, 2.24) is 19.2 Å². The Bertz CT molecular complexity index is 1170. The molecular weight excluding hydrogens is 458 g/mol. The van der Waals surface area contributed by atoms with Crippen molar-refractivity contribution >= 4 is 51.7 Å². The molecule has 0 unspecified atom stereocenters. The van der Waals surface area contributed by atoms with Gasteiger partial charge in [0, 0.05) is 45.5 Å². The van der Waals surface area contributed by atoms with Crippen molar-refractivity contribution in [2.45, 2.75) is 20.8 Å². The number of aryl methyl sites for hydroxylation is 1. The van der Waals surface area contributed by atoms with E-state index in [0.29, 0.717) is 52.4 Å². The summed E-state index contributed by atoms with van der Waals surface area (Å²) in [5, 5.41) is 9.24. The Morgan fingerprint density at radius 2 is 1.97 bits per heavy atom. The second kappa shape index (κ2) is 9.92. The number of hydrogen-bond donors (Lipinski definition) is 1. The van der Waals surface area contributed by atoms with Gasteiger partial charge in [-0.25, -0.2) is 4.98 Å². The number of aromatic nitrogens is 2. The molecule has 176 valence electrons. The lowest BCUT2D eigenvalue weighted by Gasteiger charge is -2.35. The van der Waals surface area contributed by atoms with Crippen LogP contribution in [0.4, 0.5) is 5.82 Å². The van der Waals surface area contributed by atoms with Gasteiger partial charge in [0.25, 0.3) is 11.5 Å². The van der Waals surface area contributed by atoms with E-state index < -0.39 is 0 Å². The second-order valence-corrected chi connectivity index (χ2v) is 10.5. The number of thiocarbonyl (C=S) groups is 1. The van der Waals surface area contributed by atoms with Gasteiger partial charge in [0.15, 0.2) is 0 Å². The van der Waals surface area contributed by atoms with Crippen LogP contribution in [0.25, 0.3) is 11.7 Å². The van der Waals surface area contributed by atoms with Crippen molar-refractivity contribution in [2.75, 3.05) is 50.8 Å². The largest absolute Gasteiger partial charge is 0.395 e. The Morgan fingerprint density at radius 1 is 1.24 bits per heavy atom. The van der Waals surface area contributed by atoms with Gasteiger partial charge in [-0.05, 0) is 30.5 Å². The number of aliphatic hydroxyl groups is 1. The molecule has 2 saturated heterocycles. The maximum Gasteiger partial charge on any atom is 0.267 e. The normalized spacial score (nSPS) is 19.0. The zero-order valence-corrected chi connectivity index (χ0v) is 20.8. The predicted molar refractivity (Wildman–Crippen MR) is 137 cm³/mol. The summed E-state index contributed by atoms with van der Waals surface area (Å²) in [6.07, 6.45) is 3.38. The topological polar surface area (TPSA) is 81.4 Å². The number of amides is 1. The minimum atomic E-state index is -0.203. The van der Waals surface area contributed by atoms with Gasteiger partial charge < -0.3 is 10.0 Å². The number of carbonyl (C=O) groups excluding carboxylic acids is 1. The molecule has 0 aromatic carbocycles. The minimum Gasteiger partial charge on any atom is -0.395 e. The molecule has 2 aliphatic rings. The molecular formula is C23H29N5O3S2. The quantitative estimate of drug-likeness (QED) is 0.489. The Labute approximate surface area is 202 Å². The van der Waals surface area contributed by atoms with Crippen molar-refractivity contribution < 1.29 is 9.90 Å². The first-order valence-electron chi connectivity index (χ1n) is 11.2. The fraction of sp³-hybridized carbons (Fsp3) is 0.478. The number of pyridine rings is 1. The number of carbonyl (C=O) groups is 1. The molecule has 2 aromatic rings. The summed E-state index contributed by atoms with van der Waals surface area (Å²) >= 11 is 6.68. The Hall–Kier alpha value is -2.27. The lowest BCUT2D eigenvalue weighted by atomic mass is 10.2. The predicted octanol–water partition coefficient (Wildman–Crippen LogP) is 1.97. The Balaban J connectivity index is 1.79. The third-order valence-electron chi connectivity index (χ3n) is 5.85. The summed E-state index contributed by atoms with van der Waals surface area (Å²) in [7, 11) is 0. The first kappa shape index (κ1) is 23.9. The highest BCUT2D eigenvalue weighted by Gasteiger charge is 2.33. The lowest BCUT2D eigenvalue weighted by Crippen LogP contribution is -2.48. The average molecular weight is 488 g/mol. The minimum absolute atomic E-state index is 0.123. The van der Waals surface area contributed by atoms with Crippen LogP contribution in [-0.2, 0) is 4.79 Å². The molecule has 0 spiro atoms. The SMILES string of the molecule is Cc1cccn2c(=O)c(C=C3SC(=S)N(CC(C)C)C3=O)c(N3CCN(CCO)CC3)nc12. The molecule has 33 heavy (non-hydrogen) atoms. The molecule has 0 saturated carbocycles. The number of thioether (sulfide) groups is 1. The van der Waals surface area contributed by atoms with E-state index >= 15 is 0 Å². The summed E-state index contributed by atoms with van der Waals surface area (Å²) in [4.78, 5) is 37.9. The van der Waals surface area contributed by atoms with Crippen LogP contribution >= 0.6 is 24.0 Å². The van der Waals surface area contributed by atoms with Crippen LogP contribution in [0, 0.1) is 12.8 Å². The number of β-amino-alcohol motifs (C(OH)–C–C–N with tert-alkyl or cyclic N) is 1. The van der Waals surface area contributed by atoms with Gasteiger partial charge in [0.2, 0.25) is 0 Å². The lowest BCUT2D eigenvalue weighted by molar-refractivity contribution is -0.122. The van der Waals surface area contributed by atoms with Gasteiger partial charge in [-0.2, -0.15) is 0 Å². The van der Waals surface area contributed by atoms with E-state index in [1.165, 1.54) is 11.8 Å². The van der Waals surface area contributed by atoms with E-state index in [2.05, 4.69) is 9.80 Å². The number of anilines is 1. The van der Waals surface area contributed by atoms with E-state index in [1.54, 1.807) is 21.6 Å². The first-order valence-corrected chi connectivity index (χ1v) is 12.4. The van der Waals surface area contributed by atoms with Gasteiger partial charge in [0.1, 0.15) is 15.8 Å². The highest BCUT2D eigenvalue weighted by Crippen LogP contribution is 2.34. The van der Waals surface area contributed by atoms with Crippen molar-refractivity contribution in [3.8, 4) is 0 Å². The van der Waals surface area contributed by atoms with E-state index in [-0.39, 0.29) is 24.0 Å². The molecule has 0 bridgehead atoms. The fourth-order valence-corrected chi connectivity index (χ4v) is 5.40. The first-order chi connectivity index (χ1) is 15.8. The average Bonchev–Trinajstić information content (AvgIpc) is 3.04. The molecule has 2 fully saturated rings. The summed E-state index contributed by atoms with van der Waals surface area (Å²) in [5.41, 5.74) is 1.72. The monoisotopic (exact) mass is 487 g/mol. The van der Waals surface area contributed by atoms with E-state index in [4.69, 9.17) is 17.2 Å². The highest BCUT2D eigenvalue weighted by molar-refractivity contribution is 8.26. The molecule has 1 N–H and O–H groups in total.